The van der Waals surface area contributed by atoms with Crippen LogP contribution >= 0.6 is 0 Å². The minimum atomic E-state index is -1.01. The molecule has 1 aromatic heterocycles. The molecule has 1 amide bonds. The zero-order valence-electron chi connectivity index (χ0n) is 25.0. The number of carbonyl (C=O) groups excluding carboxylic acids is 1. The molecule has 0 aliphatic carbocycles. The Balaban J connectivity index is 1.87. The summed E-state index contributed by atoms with van der Waals surface area (Å²) in [5.74, 6) is -2.20. The summed E-state index contributed by atoms with van der Waals surface area (Å²) in [6, 6.07) is 8.41. The number of aryl methyl sites for hydroxylation is 2. The molecule has 2 atom stereocenters. The number of nitrogens with one attached hydrogen (secondary N) is 1. The van der Waals surface area contributed by atoms with Crippen molar-refractivity contribution >= 4 is 11.8 Å². The molecular weight excluding hydrogens is 528 g/mol. The third-order valence-electron chi connectivity index (χ3n) is 6.85. The molecule has 2 aromatic carbocycles. The minimum Gasteiger partial charge on any atom is -0.449 e. The lowest BCUT2D eigenvalue weighted by Gasteiger charge is -2.29. The van der Waals surface area contributed by atoms with E-state index in [9.17, 15) is 14.3 Å². The molecule has 0 bridgehead atoms. The summed E-state index contributed by atoms with van der Waals surface area (Å²) in [4.78, 5) is 18.4. The normalized spacial score (nSPS) is 13.2. The molecule has 3 aromatic rings. The average Bonchev–Trinajstić information content (AvgIpc) is 3.43. The van der Waals surface area contributed by atoms with Gasteiger partial charge in [0.1, 0.15) is 23.5 Å². The van der Waals surface area contributed by atoms with E-state index < -0.39 is 35.4 Å². The van der Waals surface area contributed by atoms with Crippen LogP contribution in [0.2, 0.25) is 0 Å². The van der Waals surface area contributed by atoms with Gasteiger partial charge >= 0.3 is 6.09 Å². The van der Waals surface area contributed by atoms with E-state index in [4.69, 9.17) is 9.15 Å². The maximum absolute atomic E-state index is 15.3. The molecule has 0 aliphatic heterocycles. The van der Waals surface area contributed by atoms with Gasteiger partial charge in [-0.2, -0.15) is 0 Å². The van der Waals surface area contributed by atoms with Crippen LogP contribution in [-0.2, 0) is 30.5 Å². The highest BCUT2D eigenvalue weighted by Crippen LogP contribution is 2.33. The number of aliphatic hydroxyl groups is 1. The maximum Gasteiger partial charge on any atom is 0.414 e. The number of amides is 1. The minimum absolute atomic E-state index is 0.0287. The molecule has 3 rings (SSSR count). The highest BCUT2D eigenvalue weighted by atomic mass is 19.1. The van der Waals surface area contributed by atoms with Crippen LogP contribution in [0.15, 0.2) is 47.2 Å². The van der Waals surface area contributed by atoms with E-state index in [-0.39, 0.29) is 36.7 Å². The fraction of sp³-hybridized carbons (Fsp3) is 0.500. The number of aromatic nitrogens is 1. The first kappa shape index (κ1) is 32.2. The summed E-state index contributed by atoms with van der Waals surface area (Å²) >= 11 is 0. The Hall–Kier alpha value is -3.30. The number of aliphatic hydroxyl groups excluding tert-OH is 1. The molecule has 0 spiro atoms. The smallest absolute Gasteiger partial charge is 0.414 e. The zero-order chi connectivity index (χ0) is 30.2. The number of hydrogen-bond acceptors (Lipinski definition) is 6. The van der Waals surface area contributed by atoms with Gasteiger partial charge in [-0.15, -0.1) is 0 Å². The van der Waals surface area contributed by atoms with Gasteiger partial charge < -0.3 is 19.6 Å². The van der Waals surface area contributed by atoms with Crippen molar-refractivity contribution in [2.75, 3.05) is 18.0 Å². The summed E-state index contributed by atoms with van der Waals surface area (Å²) in [5, 5.41) is 14.7. The fourth-order valence-corrected chi connectivity index (χ4v) is 4.89. The van der Waals surface area contributed by atoms with E-state index in [0.29, 0.717) is 6.54 Å². The van der Waals surface area contributed by atoms with Gasteiger partial charge in [0.05, 0.1) is 23.9 Å². The average molecular weight is 572 g/mol. The Morgan fingerprint density at radius 3 is 2.49 bits per heavy atom. The van der Waals surface area contributed by atoms with Gasteiger partial charge in [-0.05, 0) is 75.3 Å². The van der Waals surface area contributed by atoms with Crippen molar-refractivity contribution in [1.29, 1.82) is 0 Å². The van der Waals surface area contributed by atoms with Crippen molar-refractivity contribution in [2.45, 2.75) is 91.4 Å². The zero-order valence-corrected chi connectivity index (χ0v) is 25.0. The molecule has 0 saturated heterocycles. The third kappa shape index (κ3) is 8.84. The molecule has 0 fully saturated rings. The van der Waals surface area contributed by atoms with E-state index in [1.165, 1.54) is 35.2 Å². The quantitative estimate of drug-likeness (QED) is 0.237. The van der Waals surface area contributed by atoms with Crippen LogP contribution in [0.25, 0.3) is 0 Å². The van der Waals surface area contributed by atoms with Gasteiger partial charge in [0.25, 0.3) is 0 Å². The number of benzene rings is 2. The Morgan fingerprint density at radius 1 is 1.12 bits per heavy atom. The molecule has 0 aliphatic rings. The Bertz CT molecular complexity index is 1270. The number of hydrogen-bond donors (Lipinski definition) is 2. The maximum atomic E-state index is 15.3. The SMILES string of the molecule is CCCc1ccc(CC)cc1CNCC(O)C(Cc1cc(F)cc(F)c1N(CC)C(=O)OC(C)(C)C)c1ncco1. The standard InChI is InChI=1S/C32H43F2N3O4/c1-7-10-22-12-11-21(8-2)15-24(22)19-35-20-28(38)26(30-36-13-14-40-30)17-23-16-25(33)18-27(34)29(23)37(9-3)31(39)41-32(4,5)6/h11-16,18,26,28,35,38H,7-10,17,19-20H2,1-6H3. The predicted octanol–water partition coefficient (Wildman–Crippen LogP) is 6.71. The Kier molecular flexibility index (Phi) is 11.4. The van der Waals surface area contributed by atoms with Crippen LogP contribution in [-0.4, -0.2) is 41.0 Å². The molecule has 2 N–H and O–H groups in total. The Labute approximate surface area is 241 Å². The second-order valence-electron chi connectivity index (χ2n) is 11.2. The van der Waals surface area contributed by atoms with Crippen molar-refractivity contribution in [2.24, 2.45) is 0 Å². The van der Waals surface area contributed by atoms with Crippen LogP contribution in [0, 0.1) is 11.6 Å². The second-order valence-corrected chi connectivity index (χ2v) is 11.2. The summed E-state index contributed by atoms with van der Waals surface area (Å²) in [5.41, 5.74) is 2.97. The van der Waals surface area contributed by atoms with Crippen LogP contribution in [0.1, 0.15) is 82.0 Å². The summed E-state index contributed by atoms with van der Waals surface area (Å²) < 4.78 is 40.8. The van der Waals surface area contributed by atoms with E-state index in [0.717, 1.165) is 30.2 Å². The lowest BCUT2D eigenvalue weighted by atomic mass is 9.92. The molecule has 2 unspecified atom stereocenters. The van der Waals surface area contributed by atoms with Crippen LogP contribution in [0.4, 0.5) is 19.3 Å². The van der Waals surface area contributed by atoms with Crippen molar-refractivity contribution in [3.8, 4) is 0 Å². The summed E-state index contributed by atoms with van der Waals surface area (Å²) in [7, 11) is 0. The van der Waals surface area contributed by atoms with E-state index in [1.54, 1.807) is 27.7 Å². The molecule has 9 heteroatoms. The molecule has 41 heavy (non-hydrogen) atoms. The largest absolute Gasteiger partial charge is 0.449 e. The molecule has 0 saturated carbocycles. The molecular formula is C32H43F2N3O4. The van der Waals surface area contributed by atoms with Crippen LogP contribution in [0.3, 0.4) is 0 Å². The highest BCUT2D eigenvalue weighted by Gasteiger charge is 2.31. The van der Waals surface area contributed by atoms with Gasteiger partial charge in [0.2, 0.25) is 0 Å². The second kappa shape index (κ2) is 14.5. The number of rotatable bonds is 13. The first-order chi connectivity index (χ1) is 19.5. The Morgan fingerprint density at radius 2 is 1.88 bits per heavy atom. The highest BCUT2D eigenvalue weighted by molar-refractivity contribution is 5.89. The lowest BCUT2D eigenvalue weighted by molar-refractivity contribution is 0.0580. The summed E-state index contributed by atoms with van der Waals surface area (Å²) in [6.45, 7) is 11.9. The number of oxazole rings is 1. The number of halogens is 2. The van der Waals surface area contributed by atoms with E-state index in [2.05, 4.69) is 42.3 Å². The third-order valence-corrected chi connectivity index (χ3v) is 6.85. The fourth-order valence-electron chi connectivity index (χ4n) is 4.89. The molecule has 0 radical (unpaired) electrons. The first-order valence-corrected chi connectivity index (χ1v) is 14.3. The number of anilines is 1. The van der Waals surface area contributed by atoms with E-state index >= 15 is 4.39 Å². The first-order valence-electron chi connectivity index (χ1n) is 14.3. The number of ether oxygens (including phenoxy) is 1. The number of carbonyl (C=O) groups is 1. The topological polar surface area (TPSA) is 87.8 Å². The van der Waals surface area contributed by atoms with Crippen LogP contribution < -0.4 is 10.2 Å². The van der Waals surface area contributed by atoms with Crippen molar-refractivity contribution < 1.29 is 27.8 Å². The number of nitrogens with zero attached hydrogens (tertiary/aromatic N) is 2. The van der Waals surface area contributed by atoms with Gasteiger partial charge in [-0.3, -0.25) is 4.90 Å². The van der Waals surface area contributed by atoms with Crippen LogP contribution in [0.5, 0.6) is 0 Å². The molecule has 7 nitrogen and oxygen atoms in total. The van der Waals surface area contributed by atoms with Gasteiger partial charge in [-0.25, -0.2) is 18.6 Å². The predicted molar refractivity (Wildman–Crippen MR) is 156 cm³/mol. The lowest BCUT2D eigenvalue weighted by Crippen LogP contribution is -2.38. The van der Waals surface area contributed by atoms with Gasteiger partial charge in [0, 0.05) is 25.7 Å². The molecule has 224 valence electrons. The molecule has 1 heterocycles. The van der Waals surface area contributed by atoms with Crippen molar-refractivity contribution in [3.05, 3.63) is 82.6 Å². The van der Waals surface area contributed by atoms with Gasteiger partial charge in [0.15, 0.2) is 5.89 Å². The summed E-state index contributed by atoms with van der Waals surface area (Å²) in [6.07, 6.45) is 3.98. The van der Waals surface area contributed by atoms with Gasteiger partial charge in [-0.1, -0.05) is 38.5 Å². The monoisotopic (exact) mass is 571 g/mol. The van der Waals surface area contributed by atoms with E-state index in [1.807, 2.05) is 0 Å². The van der Waals surface area contributed by atoms with Crippen molar-refractivity contribution in [3.63, 3.8) is 0 Å². The van der Waals surface area contributed by atoms with Crippen molar-refractivity contribution in [1.82, 2.24) is 10.3 Å².